The van der Waals surface area contributed by atoms with E-state index in [1.54, 1.807) is 30.3 Å². The van der Waals surface area contributed by atoms with Gasteiger partial charge in [-0.05, 0) is 43.7 Å². The number of hydrogen-bond donors (Lipinski definition) is 2. The zero-order valence-electron chi connectivity index (χ0n) is 13.0. The molecule has 1 heterocycles. The van der Waals surface area contributed by atoms with E-state index in [-0.39, 0.29) is 16.8 Å². The van der Waals surface area contributed by atoms with Gasteiger partial charge in [0.05, 0.1) is 4.90 Å². The van der Waals surface area contributed by atoms with Gasteiger partial charge in [-0.25, -0.2) is 8.42 Å². The van der Waals surface area contributed by atoms with E-state index in [2.05, 4.69) is 5.32 Å². The molecular weight excluding hydrogens is 314 g/mol. The number of carbonyl (C=O) groups excluding carboxylic acids is 1. The van der Waals surface area contributed by atoms with Crippen LogP contribution in [-0.4, -0.2) is 43.8 Å². The van der Waals surface area contributed by atoms with Gasteiger partial charge in [-0.15, -0.1) is 0 Å². The average Bonchev–Trinajstić information content (AvgIpc) is 3.29. The minimum absolute atomic E-state index is 0.0282. The highest BCUT2D eigenvalue weighted by Crippen LogP contribution is 2.31. The van der Waals surface area contributed by atoms with Crippen LogP contribution in [0.1, 0.15) is 25.7 Å². The van der Waals surface area contributed by atoms with Crippen LogP contribution in [0.3, 0.4) is 0 Å². The maximum Gasteiger partial charge on any atom is 0.243 e. The Morgan fingerprint density at radius 3 is 2.61 bits per heavy atom. The number of nitrogens with two attached hydrogens (primary N) is 1. The van der Waals surface area contributed by atoms with Gasteiger partial charge in [0, 0.05) is 19.1 Å². The van der Waals surface area contributed by atoms with Crippen LogP contribution in [0.5, 0.6) is 0 Å². The molecule has 126 valence electrons. The van der Waals surface area contributed by atoms with Crippen LogP contribution in [0, 0.1) is 5.92 Å². The van der Waals surface area contributed by atoms with Crippen LogP contribution in [0.25, 0.3) is 0 Å². The summed E-state index contributed by atoms with van der Waals surface area (Å²) in [6, 6.07) is 7.61. The van der Waals surface area contributed by atoms with E-state index >= 15 is 0 Å². The lowest BCUT2D eigenvalue weighted by Crippen LogP contribution is -2.48. The van der Waals surface area contributed by atoms with Crippen LogP contribution >= 0.6 is 0 Å². The van der Waals surface area contributed by atoms with Crippen molar-refractivity contribution in [2.24, 2.45) is 11.7 Å². The fourth-order valence-electron chi connectivity index (χ4n) is 3.05. The van der Waals surface area contributed by atoms with Crippen LogP contribution in [-0.2, 0) is 14.8 Å². The van der Waals surface area contributed by atoms with Crippen molar-refractivity contribution in [3.8, 4) is 0 Å². The number of hydrogen-bond acceptors (Lipinski definition) is 4. The van der Waals surface area contributed by atoms with E-state index in [4.69, 9.17) is 5.73 Å². The number of sulfonamides is 1. The van der Waals surface area contributed by atoms with Crippen molar-refractivity contribution in [1.82, 2.24) is 9.62 Å². The van der Waals surface area contributed by atoms with E-state index in [0.29, 0.717) is 31.8 Å². The highest BCUT2D eigenvalue weighted by atomic mass is 32.2. The van der Waals surface area contributed by atoms with E-state index in [0.717, 1.165) is 12.8 Å². The Balaban J connectivity index is 1.68. The van der Waals surface area contributed by atoms with E-state index in [9.17, 15) is 13.2 Å². The maximum absolute atomic E-state index is 12.7. The summed E-state index contributed by atoms with van der Waals surface area (Å²) in [6.45, 7) is 0.795. The van der Waals surface area contributed by atoms with E-state index < -0.39 is 16.1 Å². The number of nitrogens with one attached hydrogen (secondary N) is 1. The minimum Gasteiger partial charge on any atom is -0.353 e. The Morgan fingerprint density at radius 1 is 1.26 bits per heavy atom. The molecule has 1 aliphatic heterocycles. The second-order valence-corrected chi connectivity index (χ2v) is 8.22. The molecule has 2 aliphatic rings. The summed E-state index contributed by atoms with van der Waals surface area (Å²) in [6.07, 6.45) is 3.49. The Hall–Kier alpha value is -1.44. The first-order valence-electron chi connectivity index (χ1n) is 8.10. The average molecular weight is 337 g/mol. The third kappa shape index (κ3) is 3.57. The minimum atomic E-state index is -3.63. The zero-order chi connectivity index (χ0) is 16.4. The first-order valence-corrected chi connectivity index (χ1v) is 9.54. The summed E-state index contributed by atoms with van der Waals surface area (Å²) in [5.41, 5.74) is 5.99. The van der Waals surface area contributed by atoms with Crippen molar-refractivity contribution in [1.29, 1.82) is 0 Å². The summed E-state index contributed by atoms with van der Waals surface area (Å²) < 4.78 is 26.8. The number of nitrogens with zero attached hydrogens (tertiary/aromatic N) is 1. The molecule has 3 rings (SSSR count). The van der Waals surface area contributed by atoms with Gasteiger partial charge in [0.15, 0.2) is 0 Å². The molecule has 0 bridgehead atoms. The fraction of sp³-hybridized carbons (Fsp3) is 0.562. The highest BCUT2D eigenvalue weighted by Gasteiger charge is 2.39. The second kappa shape index (κ2) is 6.59. The molecule has 1 aliphatic carbocycles. The Kier molecular flexibility index (Phi) is 4.70. The zero-order valence-corrected chi connectivity index (χ0v) is 13.8. The number of amides is 1. The Bertz CT molecular complexity index is 658. The van der Waals surface area contributed by atoms with Crippen LogP contribution < -0.4 is 11.1 Å². The normalized spacial score (nSPS) is 23.6. The monoisotopic (exact) mass is 337 g/mol. The van der Waals surface area contributed by atoms with Crippen LogP contribution in [0.15, 0.2) is 35.2 Å². The summed E-state index contributed by atoms with van der Waals surface area (Å²) in [5, 5.41) is 2.83. The molecule has 23 heavy (non-hydrogen) atoms. The molecule has 1 aromatic carbocycles. The summed E-state index contributed by atoms with van der Waals surface area (Å²) in [7, 11) is -3.63. The van der Waals surface area contributed by atoms with Crippen molar-refractivity contribution >= 4 is 15.9 Å². The number of carbonyl (C=O) groups is 1. The lowest BCUT2D eigenvalue weighted by molar-refractivity contribution is -0.124. The van der Waals surface area contributed by atoms with Gasteiger partial charge < -0.3 is 11.1 Å². The lowest BCUT2D eigenvalue weighted by atomic mass is 10.2. The van der Waals surface area contributed by atoms with Gasteiger partial charge >= 0.3 is 0 Å². The largest absolute Gasteiger partial charge is 0.353 e. The Labute approximate surface area is 137 Å². The van der Waals surface area contributed by atoms with Gasteiger partial charge in [-0.3, -0.25) is 4.79 Å². The van der Waals surface area contributed by atoms with Gasteiger partial charge in [-0.2, -0.15) is 4.31 Å². The van der Waals surface area contributed by atoms with Crippen LogP contribution in [0.2, 0.25) is 0 Å². The summed E-state index contributed by atoms with van der Waals surface area (Å²) >= 11 is 0. The number of rotatable bonds is 6. The maximum atomic E-state index is 12.7. The van der Waals surface area contributed by atoms with Crippen LogP contribution in [0.4, 0.5) is 0 Å². The quantitative estimate of drug-likeness (QED) is 0.799. The number of benzene rings is 1. The fourth-order valence-corrected chi connectivity index (χ4v) is 4.72. The van der Waals surface area contributed by atoms with Crippen molar-refractivity contribution in [2.45, 2.75) is 42.7 Å². The highest BCUT2D eigenvalue weighted by molar-refractivity contribution is 7.89. The van der Waals surface area contributed by atoms with Crippen molar-refractivity contribution in [3.05, 3.63) is 30.3 Å². The van der Waals surface area contributed by atoms with E-state index in [1.165, 1.54) is 4.31 Å². The molecule has 2 fully saturated rings. The molecule has 7 heteroatoms. The molecule has 0 spiro atoms. The first kappa shape index (κ1) is 16.4. The molecular formula is C16H23N3O3S. The molecule has 6 nitrogen and oxygen atoms in total. The van der Waals surface area contributed by atoms with Crippen molar-refractivity contribution in [3.63, 3.8) is 0 Å². The Morgan fingerprint density at radius 2 is 1.96 bits per heavy atom. The topological polar surface area (TPSA) is 92.5 Å². The van der Waals surface area contributed by atoms with Gasteiger partial charge in [-0.1, -0.05) is 18.2 Å². The molecule has 0 aromatic heterocycles. The van der Waals surface area contributed by atoms with Gasteiger partial charge in [0.25, 0.3) is 0 Å². The lowest BCUT2D eigenvalue weighted by Gasteiger charge is -2.24. The predicted molar refractivity (Wildman–Crippen MR) is 87.1 cm³/mol. The molecule has 3 N–H and O–H groups in total. The van der Waals surface area contributed by atoms with Gasteiger partial charge in [0.1, 0.15) is 6.04 Å². The van der Waals surface area contributed by atoms with Gasteiger partial charge in [0.2, 0.25) is 15.9 Å². The third-order valence-electron chi connectivity index (χ3n) is 4.60. The molecule has 1 saturated heterocycles. The summed E-state index contributed by atoms with van der Waals surface area (Å²) in [4.78, 5) is 12.6. The first-order chi connectivity index (χ1) is 11.0. The molecule has 1 amide bonds. The predicted octanol–water partition coefficient (Wildman–Crippen LogP) is 0.693. The summed E-state index contributed by atoms with van der Waals surface area (Å²) in [5.74, 6) is 0.265. The molecule has 0 radical (unpaired) electrons. The molecule has 1 aromatic rings. The molecule has 2 atom stereocenters. The standard InChI is InChI=1S/C16H23N3O3S/c17-14(12-8-9-12)11-18-16(20)15-7-4-10-19(15)23(21,22)13-5-2-1-3-6-13/h1-3,5-6,12,14-15H,4,7-11,17H2,(H,18,20). The van der Waals surface area contributed by atoms with Crippen molar-refractivity contribution < 1.29 is 13.2 Å². The SMILES string of the molecule is NC(CNC(=O)C1CCCN1S(=O)(=O)c1ccccc1)C1CC1. The van der Waals surface area contributed by atoms with Crippen molar-refractivity contribution in [2.75, 3.05) is 13.1 Å². The van der Waals surface area contributed by atoms with E-state index in [1.807, 2.05) is 0 Å². The second-order valence-electron chi connectivity index (χ2n) is 6.33. The smallest absolute Gasteiger partial charge is 0.243 e. The third-order valence-corrected chi connectivity index (χ3v) is 6.52. The molecule has 1 saturated carbocycles. The molecule has 2 unspecified atom stereocenters.